The molecule has 0 aliphatic rings. The zero-order valence-corrected chi connectivity index (χ0v) is 12.5. The number of benzene rings is 1. The SMILES string of the molecule is CCCNc1ccc(C(=O)NCc2ccc(Cl)cc2)nn1. The Balaban J connectivity index is 1.89. The third kappa shape index (κ3) is 4.72. The van der Waals surface area contributed by atoms with Crippen molar-refractivity contribution in [1.29, 1.82) is 0 Å². The van der Waals surface area contributed by atoms with Gasteiger partial charge in [-0.3, -0.25) is 4.79 Å². The Morgan fingerprint density at radius 2 is 1.90 bits per heavy atom. The molecule has 2 aromatic rings. The van der Waals surface area contributed by atoms with E-state index in [4.69, 9.17) is 11.6 Å². The molecule has 1 aromatic heterocycles. The van der Waals surface area contributed by atoms with Crippen LogP contribution in [0.25, 0.3) is 0 Å². The number of carbonyl (C=O) groups is 1. The number of rotatable bonds is 6. The van der Waals surface area contributed by atoms with Gasteiger partial charge in [-0.1, -0.05) is 30.7 Å². The molecule has 1 amide bonds. The van der Waals surface area contributed by atoms with Crippen molar-refractivity contribution in [2.75, 3.05) is 11.9 Å². The molecule has 2 rings (SSSR count). The van der Waals surface area contributed by atoms with Crippen molar-refractivity contribution < 1.29 is 4.79 Å². The first-order chi connectivity index (χ1) is 10.2. The van der Waals surface area contributed by atoms with Gasteiger partial charge in [-0.15, -0.1) is 10.2 Å². The van der Waals surface area contributed by atoms with Crippen molar-refractivity contribution in [3.63, 3.8) is 0 Å². The Kier molecular flexibility index (Phi) is 5.51. The minimum atomic E-state index is -0.250. The molecule has 6 heteroatoms. The summed E-state index contributed by atoms with van der Waals surface area (Å²) in [7, 11) is 0. The lowest BCUT2D eigenvalue weighted by molar-refractivity contribution is 0.0945. The van der Waals surface area contributed by atoms with Crippen LogP contribution in [-0.4, -0.2) is 22.6 Å². The van der Waals surface area contributed by atoms with Crippen LogP contribution in [0.5, 0.6) is 0 Å². The van der Waals surface area contributed by atoms with Crippen LogP contribution in [0, 0.1) is 0 Å². The molecule has 110 valence electrons. The van der Waals surface area contributed by atoms with E-state index in [1.165, 1.54) is 0 Å². The molecule has 0 radical (unpaired) electrons. The van der Waals surface area contributed by atoms with Crippen LogP contribution in [0.2, 0.25) is 5.02 Å². The summed E-state index contributed by atoms with van der Waals surface area (Å²) in [4.78, 5) is 12.0. The van der Waals surface area contributed by atoms with Crippen molar-refractivity contribution in [3.8, 4) is 0 Å². The molecule has 0 spiro atoms. The Morgan fingerprint density at radius 1 is 1.14 bits per heavy atom. The number of anilines is 1. The predicted octanol–water partition coefficient (Wildman–Crippen LogP) is 2.88. The second-order valence-corrected chi connectivity index (χ2v) is 4.98. The highest BCUT2D eigenvalue weighted by Gasteiger charge is 2.07. The Bertz CT molecular complexity index is 584. The maximum atomic E-state index is 12.0. The Hall–Kier alpha value is -2.14. The van der Waals surface area contributed by atoms with E-state index in [0.717, 1.165) is 18.5 Å². The first-order valence-electron chi connectivity index (χ1n) is 6.79. The molecule has 21 heavy (non-hydrogen) atoms. The van der Waals surface area contributed by atoms with Crippen molar-refractivity contribution >= 4 is 23.3 Å². The van der Waals surface area contributed by atoms with Crippen molar-refractivity contribution in [3.05, 3.63) is 52.7 Å². The summed E-state index contributed by atoms with van der Waals surface area (Å²) < 4.78 is 0. The lowest BCUT2D eigenvalue weighted by Gasteiger charge is -2.06. The van der Waals surface area contributed by atoms with Gasteiger partial charge >= 0.3 is 0 Å². The van der Waals surface area contributed by atoms with Gasteiger partial charge in [-0.2, -0.15) is 0 Å². The first-order valence-corrected chi connectivity index (χ1v) is 7.17. The van der Waals surface area contributed by atoms with Gasteiger partial charge in [0.1, 0.15) is 5.82 Å². The number of amides is 1. The van der Waals surface area contributed by atoms with E-state index in [9.17, 15) is 4.79 Å². The monoisotopic (exact) mass is 304 g/mol. The van der Waals surface area contributed by atoms with Crippen molar-refractivity contribution in [1.82, 2.24) is 15.5 Å². The van der Waals surface area contributed by atoms with Gasteiger partial charge in [0.25, 0.3) is 5.91 Å². The fourth-order valence-corrected chi connectivity index (χ4v) is 1.80. The van der Waals surface area contributed by atoms with E-state index in [1.54, 1.807) is 24.3 Å². The standard InChI is InChI=1S/C15H17ClN4O/c1-2-9-17-14-8-7-13(19-20-14)15(21)18-10-11-3-5-12(16)6-4-11/h3-8H,2,9-10H2,1H3,(H,17,20)(H,18,21). The largest absolute Gasteiger partial charge is 0.369 e. The second kappa shape index (κ2) is 7.59. The van der Waals surface area contributed by atoms with E-state index in [1.807, 2.05) is 12.1 Å². The highest BCUT2D eigenvalue weighted by molar-refractivity contribution is 6.30. The summed E-state index contributed by atoms with van der Waals surface area (Å²) >= 11 is 5.81. The smallest absolute Gasteiger partial charge is 0.272 e. The summed E-state index contributed by atoms with van der Waals surface area (Å²) in [5, 5.41) is 14.4. The summed E-state index contributed by atoms with van der Waals surface area (Å²) in [5.74, 6) is 0.422. The van der Waals surface area contributed by atoms with Crippen LogP contribution in [0.3, 0.4) is 0 Å². The fourth-order valence-electron chi connectivity index (χ4n) is 1.68. The maximum Gasteiger partial charge on any atom is 0.272 e. The van der Waals surface area contributed by atoms with Gasteiger partial charge in [-0.05, 0) is 36.2 Å². The fraction of sp³-hybridized carbons (Fsp3) is 0.267. The number of carbonyl (C=O) groups excluding carboxylic acids is 1. The zero-order valence-electron chi connectivity index (χ0n) is 11.8. The molecule has 0 saturated heterocycles. The van der Waals surface area contributed by atoms with Crippen molar-refractivity contribution in [2.24, 2.45) is 0 Å². The average Bonchev–Trinajstić information content (AvgIpc) is 2.52. The Morgan fingerprint density at radius 3 is 2.52 bits per heavy atom. The lowest BCUT2D eigenvalue weighted by Crippen LogP contribution is -2.24. The minimum absolute atomic E-state index is 0.250. The molecule has 0 fully saturated rings. The quantitative estimate of drug-likeness (QED) is 0.861. The highest BCUT2D eigenvalue weighted by Crippen LogP contribution is 2.09. The van der Waals surface area contributed by atoms with Gasteiger partial charge in [0, 0.05) is 18.1 Å². The van der Waals surface area contributed by atoms with Gasteiger partial charge < -0.3 is 10.6 Å². The maximum absolute atomic E-state index is 12.0. The van der Waals surface area contributed by atoms with Gasteiger partial charge in [0.15, 0.2) is 5.69 Å². The third-order valence-corrected chi connectivity index (χ3v) is 3.07. The molecular weight excluding hydrogens is 288 g/mol. The molecule has 0 aliphatic carbocycles. The van der Waals surface area contributed by atoms with Crippen LogP contribution in [0.15, 0.2) is 36.4 Å². The van der Waals surface area contributed by atoms with Gasteiger partial charge in [-0.25, -0.2) is 0 Å². The van der Waals surface area contributed by atoms with E-state index >= 15 is 0 Å². The molecule has 2 N–H and O–H groups in total. The number of nitrogens with zero attached hydrogens (tertiary/aromatic N) is 2. The first kappa shape index (κ1) is 15.3. The molecule has 0 saturated carbocycles. The van der Waals surface area contributed by atoms with E-state index in [2.05, 4.69) is 27.8 Å². The van der Waals surface area contributed by atoms with Crippen LogP contribution < -0.4 is 10.6 Å². The number of hydrogen-bond acceptors (Lipinski definition) is 4. The lowest BCUT2D eigenvalue weighted by atomic mass is 10.2. The summed E-state index contributed by atoms with van der Waals surface area (Å²) in [5.41, 5.74) is 1.27. The summed E-state index contributed by atoms with van der Waals surface area (Å²) in [6.07, 6.45) is 1.00. The minimum Gasteiger partial charge on any atom is -0.369 e. The topological polar surface area (TPSA) is 66.9 Å². The van der Waals surface area contributed by atoms with E-state index in [-0.39, 0.29) is 5.91 Å². The van der Waals surface area contributed by atoms with E-state index in [0.29, 0.717) is 23.1 Å². The molecule has 1 aromatic carbocycles. The molecule has 0 bridgehead atoms. The molecule has 0 aliphatic heterocycles. The number of aromatic nitrogens is 2. The average molecular weight is 305 g/mol. The number of hydrogen-bond donors (Lipinski definition) is 2. The second-order valence-electron chi connectivity index (χ2n) is 4.54. The summed E-state index contributed by atoms with van der Waals surface area (Å²) in [6, 6.07) is 10.7. The normalized spacial score (nSPS) is 10.2. The van der Waals surface area contributed by atoms with Gasteiger partial charge in [0.2, 0.25) is 0 Å². The Labute approximate surface area is 128 Å². The zero-order chi connectivity index (χ0) is 15.1. The molecule has 1 heterocycles. The van der Waals surface area contributed by atoms with Gasteiger partial charge in [0.05, 0.1) is 0 Å². The summed E-state index contributed by atoms with van der Waals surface area (Å²) in [6.45, 7) is 3.32. The van der Waals surface area contributed by atoms with Crippen molar-refractivity contribution in [2.45, 2.75) is 19.9 Å². The highest BCUT2D eigenvalue weighted by atomic mass is 35.5. The van der Waals surface area contributed by atoms with Crippen LogP contribution >= 0.6 is 11.6 Å². The number of halogens is 1. The molecule has 0 atom stereocenters. The number of nitrogens with one attached hydrogen (secondary N) is 2. The molecular formula is C15H17ClN4O. The van der Waals surface area contributed by atoms with Crippen LogP contribution in [0.1, 0.15) is 29.4 Å². The third-order valence-electron chi connectivity index (χ3n) is 2.82. The molecule has 5 nitrogen and oxygen atoms in total. The molecule has 0 unspecified atom stereocenters. The van der Waals surface area contributed by atoms with Crippen LogP contribution in [0.4, 0.5) is 5.82 Å². The van der Waals surface area contributed by atoms with E-state index < -0.39 is 0 Å². The van der Waals surface area contributed by atoms with Crippen LogP contribution in [-0.2, 0) is 6.54 Å². The predicted molar refractivity (Wildman–Crippen MR) is 83.4 cm³/mol.